The largest absolute Gasteiger partial charge is 0.493 e. The number of carbonyl (C=O) groups is 3. The first-order valence-electron chi connectivity index (χ1n) is 10.8. The van der Waals surface area contributed by atoms with Crippen LogP contribution in [0.5, 0.6) is 23.0 Å². The molecule has 37 heavy (non-hydrogen) atoms. The third-order valence-corrected chi connectivity index (χ3v) is 5.44. The van der Waals surface area contributed by atoms with Gasteiger partial charge in [0.05, 0.1) is 39.7 Å². The van der Waals surface area contributed by atoms with Crippen LogP contribution in [-0.2, 0) is 4.79 Å². The minimum atomic E-state index is -0.530. The molecule has 3 rings (SSSR count). The number of hydrogen-bond donors (Lipinski definition) is 2. The number of esters is 1. The summed E-state index contributed by atoms with van der Waals surface area (Å²) in [5.41, 5.74) is 3.64. The Morgan fingerprint density at radius 2 is 1.49 bits per heavy atom. The standard InChI is InChI=1S/C26H24BrN3O7/c1-34-21-12-18(13-22(35-2)24(21)36-3)25(32)28-15-23(31)30-29-14-16-4-10-20(11-5-16)37-26(33)17-6-8-19(27)9-7-17/h4-14H,15H2,1-3H3,(H,28,32)(H,30,31)/b29-14-. The van der Waals surface area contributed by atoms with Crippen LogP contribution in [0.25, 0.3) is 0 Å². The summed E-state index contributed by atoms with van der Waals surface area (Å²) in [6.45, 7) is -0.308. The molecule has 0 saturated heterocycles. The zero-order chi connectivity index (χ0) is 26.8. The van der Waals surface area contributed by atoms with Crippen molar-refractivity contribution in [3.8, 4) is 23.0 Å². The first kappa shape index (κ1) is 27.2. The number of hydrogen-bond acceptors (Lipinski definition) is 8. The summed E-state index contributed by atoms with van der Waals surface area (Å²) in [5, 5.41) is 6.37. The fraction of sp³-hybridized carbons (Fsp3) is 0.154. The van der Waals surface area contributed by atoms with Crippen LogP contribution in [-0.4, -0.2) is 51.9 Å². The van der Waals surface area contributed by atoms with Crippen LogP contribution in [0.15, 0.2) is 70.2 Å². The van der Waals surface area contributed by atoms with E-state index in [1.54, 1.807) is 48.5 Å². The average Bonchev–Trinajstić information content (AvgIpc) is 2.92. The lowest BCUT2D eigenvalue weighted by atomic mass is 10.1. The summed E-state index contributed by atoms with van der Waals surface area (Å²) in [6, 6.07) is 16.3. The van der Waals surface area contributed by atoms with Crippen LogP contribution in [0, 0.1) is 0 Å². The molecule has 11 heteroatoms. The summed E-state index contributed by atoms with van der Waals surface area (Å²) < 4.78 is 21.9. The Bertz CT molecular complexity index is 1270. The molecule has 0 atom stereocenters. The maximum absolute atomic E-state index is 12.5. The number of nitrogens with one attached hydrogen (secondary N) is 2. The van der Waals surface area contributed by atoms with Gasteiger partial charge in [0.2, 0.25) is 5.75 Å². The van der Waals surface area contributed by atoms with E-state index in [1.165, 1.54) is 39.7 Å². The molecule has 192 valence electrons. The van der Waals surface area contributed by atoms with Gasteiger partial charge in [-0.05, 0) is 66.2 Å². The lowest BCUT2D eigenvalue weighted by Gasteiger charge is -2.14. The molecule has 0 heterocycles. The molecule has 10 nitrogen and oxygen atoms in total. The van der Waals surface area contributed by atoms with Crippen molar-refractivity contribution in [3.05, 3.63) is 81.8 Å². The lowest BCUT2D eigenvalue weighted by Crippen LogP contribution is -2.34. The Balaban J connectivity index is 1.49. The Labute approximate surface area is 221 Å². The van der Waals surface area contributed by atoms with Gasteiger partial charge in [-0.2, -0.15) is 5.10 Å². The first-order chi connectivity index (χ1) is 17.8. The number of amides is 2. The second-order valence-corrected chi connectivity index (χ2v) is 8.27. The van der Waals surface area contributed by atoms with E-state index in [0.29, 0.717) is 34.1 Å². The fourth-order valence-corrected chi connectivity index (χ4v) is 3.33. The Kier molecular flexibility index (Phi) is 9.61. The summed E-state index contributed by atoms with van der Waals surface area (Å²) >= 11 is 3.32. The summed E-state index contributed by atoms with van der Waals surface area (Å²) in [4.78, 5) is 36.7. The number of methoxy groups -OCH3 is 3. The van der Waals surface area contributed by atoms with Gasteiger partial charge in [0.15, 0.2) is 11.5 Å². The highest BCUT2D eigenvalue weighted by atomic mass is 79.9. The number of hydrazone groups is 1. The number of ether oxygens (including phenoxy) is 4. The van der Waals surface area contributed by atoms with Gasteiger partial charge >= 0.3 is 5.97 Å². The SMILES string of the molecule is COc1cc(C(=O)NCC(=O)N/N=C\c2ccc(OC(=O)c3ccc(Br)cc3)cc2)cc(OC)c1OC. The minimum absolute atomic E-state index is 0.228. The molecule has 0 unspecified atom stereocenters. The molecule has 0 saturated carbocycles. The van der Waals surface area contributed by atoms with Crippen LogP contribution in [0.1, 0.15) is 26.3 Å². The van der Waals surface area contributed by atoms with E-state index in [2.05, 4.69) is 31.8 Å². The van der Waals surface area contributed by atoms with Gasteiger partial charge in [-0.3, -0.25) is 9.59 Å². The van der Waals surface area contributed by atoms with E-state index in [4.69, 9.17) is 18.9 Å². The smallest absolute Gasteiger partial charge is 0.343 e. The predicted molar refractivity (Wildman–Crippen MR) is 140 cm³/mol. The molecule has 0 aliphatic heterocycles. The number of benzene rings is 3. The molecular formula is C26H24BrN3O7. The maximum Gasteiger partial charge on any atom is 0.343 e. The molecule has 0 aromatic heterocycles. The van der Waals surface area contributed by atoms with Gasteiger partial charge in [0.1, 0.15) is 5.75 Å². The van der Waals surface area contributed by atoms with E-state index in [1.807, 2.05) is 0 Å². The minimum Gasteiger partial charge on any atom is -0.493 e. The monoisotopic (exact) mass is 569 g/mol. The van der Waals surface area contributed by atoms with E-state index in [0.717, 1.165) is 4.47 Å². The van der Waals surface area contributed by atoms with Crippen molar-refractivity contribution in [2.75, 3.05) is 27.9 Å². The molecule has 0 bridgehead atoms. The van der Waals surface area contributed by atoms with Crippen LogP contribution in [0.4, 0.5) is 0 Å². The molecule has 3 aromatic carbocycles. The van der Waals surface area contributed by atoms with Crippen molar-refractivity contribution in [1.82, 2.24) is 10.7 Å². The number of halogens is 1. The normalized spacial score (nSPS) is 10.5. The summed E-state index contributed by atoms with van der Waals surface area (Å²) in [7, 11) is 4.34. The van der Waals surface area contributed by atoms with Crippen molar-refractivity contribution < 1.29 is 33.3 Å². The lowest BCUT2D eigenvalue weighted by molar-refractivity contribution is -0.120. The highest BCUT2D eigenvalue weighted by Gasteiger charge is 2.17. The van der Waals surface area contributed by atoms with E-state index in [-0.39, 0.29) is 12.1 Å². The van der Waals surface area contributed by atoms with Crippen molar-refractivity contribution in [1.29, 1.82) is 0 Å². The summed E-state index contributed by atoms with van der Waals surface area (Å²) in [5.74, 6) is -0.170. The average molecular weight is 570 g/mol. The van der Waals surface area contributed by atoms with Crippen molar-refractivity contribution in [3.63, 3.8) is 0 Å². The van der Waals surface area contributed by atoms with Gasteiger partial charge in [-0.25, -0.2) is 10.2 Å². The molecule has 0 radical (unpaired) electrons. The van der Waals surface area contributed by atoms with E-state index < -0.39 is 17.8 Å². The van der Waals surface area contributed by atoms with Gasteiger partial charge in [0, 0.05) is 10.0 Å². The molecule has 0 aliphatic carbocycles. The van der Waals surface area contributed by atoms with Crippen LogP contribution >= 0.6 is 15.9 Å². The van der Waals surface area contributed by atoms with Gasteiger partial charge in [-0.15, -0.1) is 0 Å². The van der Waals surface area contributed by atoms with E-state index in [9.17, 15) is 14.4 Å². The molecule has 3 aromatic rings. The Morgan fingerprint density at radius 1 is 0.865 bits per heavy atom. The van der Waals surface area contributed by atoms with E-state index >= 15 is 0 Å². The Morgan fingerprint density at radius 3 is 2.05 bits per heavy atom. The highest BCUT2D eigenvalue weighted by Crippen LogP contribution is 2.38. The summed E-state index contributed by atoms with van der Waals surface area (Å²) in [6.07, 6.45) is 1.42. The topological polar surface area (TPSA) is 125 Å². The van der Waals surface area contributed by atoms with Crippen molar-refractivity contribution >= 4 is 39.9 Å². The van der Waals surface area contributed by atoms with Gasteiger partial charge < -0.3 is 24.3 Å². The van der Waals surface area contributed by atoms with Gasteiger partial charge in [-0.1, -0.05) is 15.9 Å². The predicted octanol–water partition coefficient (Wildman–Crippen LogP) is 3.57. The quantitative estimate of drug-likeness (QED) is 0.165. The molecule has 2 amide bonds. The van der Waals surface area contributed by atoms with Gasteiger partial charge in [0.25, 0.3) is 11.8 Å². The van der Waals surface area contributed by atoms with Crippen molar-refractivity contribution in [2.24, 2.45) is 5.10 Å². The maximum atomic E-state index is 12.5. The molecule has 0 aliphatic rings. The number of rotatable bonds is 10. The van der Waals surface area contributed by atoms with Crippen LogP contribution < -0.4 is 29.7 Å². The van der Waals surface area contributed by atoms with Crippen LogP contribution in [0.2, 0.25) is 0 Å². The first-order valence-corrected chi connectivity index (χ1v) is 11.6. The van der Waals surface area contributed by atoms with Crippen LogP contribution in [0.3, 0.4) is 0 Å². The second-order valence-electron chi connectivity index (χ2n) is 7.36. The number of carbonyl (C=O) groups excluding carboxylic acids is 3. The molecule has 0 spiro atoms. The molecule has 2 N–H and O–H groups in total. The highest BCUT2D eigenvalue weighted by molar-refractivity contribution is 9.10. The third kappa shape index (κ3) is 7.55. The Hall–Kier alpha value is -4.38. The zero-order valence-corrected chi connectivity index (χ0v) is 21.8. The molecule has 0 fully saturated rings. The molecular weight excluding hydrogens is 546 g/mol. The number of nitrogens with zero attached hydrogens (tertiary/aromatic N) is 1. The van der Waals surface area contributed by atoms with Crippen molar-refractivity contribution in [2.45, 2.75) is 0 Å². The third-order valence-electron chi connectivity index (χ3n) is 4.91. The zero-order valence-electron chi connectivity index (χ0n) is 20.2. The fourth-order valence-electron chi connectivity index (χ4n) is 3.07. The second kappa shape index (κ2) is 13.1.